The number of amidine groups is 1. The number of benzene rings is 1. The molecule has 0 spiro atoms. The molecule has 2 aliphatic rings. The number of fused-ring (bicyclic) bond motifs is 1. The molecule has 8 heteroatoms. The third kappa shape index (κ3) is 4.24. The topological polar surface area (TPSA) is 99.7 Å². The van der Waals surface area contributed by atoms with Gasteiger partial charge in [0.25, 0.3) is 10.0 Å². The number of unbranched alkanes of at least 4 members (excludes halogenated alkanes) is 1. The lowest BCUT2D eigenvalue weighted by molar-refractivity contribution is -0.122. The second kappa shape index (κ2) is 8.18. The van der Waals surface area contributed by atoms with Gasteiger partial charge in [-0.05, 0) is 37.9 Å². The minimum absolute atomic E-state index is 0.150. The maximum atomic E-state index is 12.6. The summed E-state index contributed by atoms with van der Waals surface area (Å²) >= 11 is 0. The standard InChI is InChI=1S/C18H26N4O3S/c1-2-3-9-15(18(23)20-12-13-7-6-11-19-13)21-17-14-8-4-5-10-16(14)26(24,25)22-17/h4-5,8,10,13,15,19H,2-3,6-7,9,11-12H2,1H3,(H,20,23)(H,21,22). The Labute approximate surface area is 154 Å². The fourth-order valence-electron chi connectivity index (χ4n) is 3.31. The lowest BCUT2D eigenvalue weighted by atomic mass is 10.1. The van der Waals surface area contributed by atoms with Gasteiger partial charge in [-0.15, -0.1) is 0 Å². The number of sulfonamides is 1. The largest absolute Gasteiger partial charge is 0.353 e. The average Bonchev–Trinajstić information content (AvgIpc) is 3.23. The minimum Gasteiger partial charge on any atom is -0.353 e. The second-order valence-corrected chi connectivity index (χ2v) is 8.43. The van der Waals surface area contributed by atoms with Crippen LogP contribution >= 0.6 is 0 Å². The van der Waals surface area contributed by atoms with Gasteiger partial charge >= 0.3 is 0 Å². The smallest absolute Gasteiger partial charge is 0.263 e. The first kappa shape index (κ1) is 18.8. The molecule has 0 saturated carbocycles. The molecule has 2 atom stereocenters. The quantitative estimate of drug-likeness (QED) is 0.663. The van der Waals surface area contributed by atoms with Crippen LogP contribution in [0.15, 0.2) is 34.2 Å². The average molecular weight is 378 g/mol. The summed E-state index contributed by atoms with van der Waals surface area (Å²) in [5.41, 5.74) is 0.527. The van der Waals surface area contributed by atoms with Gasteiger partial charge in [-0.2, -0.15) is 0 Å². The van der Waals surface area contributed by atoms with Gasteiger partial charge in [0.05, 0.1) is 4.90 Å². The number of hydrogen-bond acceptors (Lipinski definition) is 5. The van der Waals surface area contributed by atoms with E-state index >= 15 is 0 Å². The van der Waals surface area contributed by atoms with Gasteiger partial charge in [-0.25, -0.2) is 8.42 Å². The van der Waals surface area contributed by atoms with Gasteiger partial charge in [0, 0.05) is 18.2 Å². The van der Waals surface area contributed by atoms with Crippen molar-refractivity contribution >= 4 is 21.8 Å². The molecule has 1 aromatic rings. The van der Waals surface area contributed by atoms with Crippen molar-refractivity contribution < 1.29 is 13.2 Å². The van der Waals surface area contributed by atoms with Gasteiger partial charge in [-0.1, -0.05) is 31.9 Å². The van der Waals surface area contributed by atoms with E-state index < -0.39 is 16.1 Å². The normalized spacial score (nSPS) is 23.4. The molecule has 3 N–H and O–H groups in total. The number of amides is 1. The van der Waals surface area contributed by atoms with Crippen molar-refractivity contribution in [3.05, 3.63) is 29.8 Å². The van der Waals surface area contributed by atoms with E-state index in [9.17, 15) is 13.2 Å². The Morgan fingerprint density at radius 3 is 2.92 bits per heavy atom. The van der Waals surface area contributed by atoms with Crippen LogP contribution in [-0.2, 0) is 14.8 Å². The highest BCUT2D eigenvalue weighted by atomic mass is 32.2. The summed E-state index contributed by atoms with van der Waals surface area (Å²) in [6, 6.07) is 6.42. The van der Waals surface area contributed by atoms with Crippen LogP contribution in [0.4, 0.5) is 0 Å². The summed E-state index contributed by atoms with van der Waals surface area (Å²) in [4.78, 5) is 17.3. The van der Waals surface area contributed by atoms with Crippen molar-refractivity contribution in [3.8, 4) is 0 Å². The molecule has 3 rings (SSSR count). The molecule has 2 heterocycles. The maximum Gasteiger partial charge on any atom is 0.263 e. The number of rotatable bonds is 7. The van der Waals surface area contributed by atoms with Crippen LogP contribution < -0.4 is 15.4 Å². The van der Waals surface area contributed by atoms with E-state index in [0.29, 0.717) is 24.6 Å². The molecule has 1 amide bonds. The molecule has 0 bridgehead atoms. The highest BCUT2D eigenvalue weighted by Crippen LogP contribution is 2.23. The molecule has 0 aromatic heterocycles. The van der Waals surface area contributed by atoms with Crippen LogP contribution in [0.5, 0.6) is 0 Å². The summed E-state index contributed by atoms with van der Waals surface area (Å²) in [6.07, 6.45) is 4.57. The van der Waals surface area contributed by atoms with E-state index in [0.717, 1.165) is 32.2 Å². The van der Waals surface area contributed by atoms with Crippen molar-refractivity contribution in [3.63, 3.8) is 0 Å². The lowest BCUT2D eigenvalue weighted by Gasteiger charge is -2.16. The number of nitrogens with zero attached hydrogens (tertiary/aromatic N) is 1. The fraction of sp³-hybridized carbons (Fsp3) is 0.556. The maximum absolute atomic E-state index is 12.6. The third-order valence-electron chi connectivity index (χ3n) is 4.77. The van der Waals surface area contributed by atoms with Crippen molar-refractivity contribution in [1.29, 1.82) is 0 Å². The van der Waals surface area contributed by atoms with E-state index in [4.69, 9.17) is 0 Å². The van der Waals surface area contributed by atoms with Gasteiger partial charge in [0.2, 0.25) is 5.91 Å². The van der Waals surface area contributed by atoms with E-state index in [1.165, 1.54) is 0 Å². The Balaban J connectivity index is 1.77. The Bertz CT molecular complexity index is 785. The zero-order chi connectivity index (χ0) is 18.6. The van der Waals surface area contributed by atoms with Crippen molar-refractivity contribution in [1.82, 2.24) is 15.4 Å². The summed E-state index contributed by atoms with van der Waals surface area (Å²) in [5, 5.41) is 6.32. The Morgan fingerprint density at radius 2 is 2.19 bits per heavy atom. The number of carbonyl (C=O) groups excluding carboxylic acids is 1. The number of nitrogens with one attached hydrogen (secondary N) is 3. The van der Waals surface area contributed by atoms with Crippen LogP contribution in [0, 0.1) is 0 Å². The number of hydrogen-bond donors (Lipinski definition) is 3. The van der Waals surface area contributed by atoms with Crippen molar-refractivity contribution in [2.75, 3.05) is 13.1 Å². The molecule has 2 aliphatic heterocycles. The first-order valence-corrected chi connectivity index (χ1v) is 10.7. The minimum atomic E-state index is -3.59. The lowest BCUT2D eigenvalue weighted by Crippen LogP contribution is -2.42. The monoisotopic (exact) mass is 378 g/mol. The highest BCUT2D eigenvalue weighted by molar-refractivity contribution is 7.90. The van der Waals surface area contributed by atoms with Crippen LogP contribution in [0.25, 0.3) is 0 Å². The predicted molar refractivity (Wildman–Crippen MR) is 101 cm³/mol. The molecule has 1 aromatic carbocycles. The summed E-state index contributed by atoms with van der Waals surface area (Å²) in [6.45, 7) is 3.62. The molecule has 1 saturated heterocycles. The molecule has 26 heavy (non-hydrogen) atoms. The zero-order valence-electron chi connectivity index (χ0n) is 15.0. The Kier molecular flexibility index (Phi) is 5.93. The Morgan fingerprint density at radius 1 is 1.38 bits per heavy atom. The molecule has 2 unspecified atom stereocenters. The van der Waals surface area contributed by atoms with E-state index in [-0.39, 0.29) is 16.6 Å². The molecule has 0 radical (unpaired) electrons. The molecule has 7 nitrogen and oxygen atoms in total. The molecular formula is C18H26N4O3S. The highest BCUT2D eigenvalue weighted by Gasteiger charge is 2.31. The van der Waals surface area contributed by atoms with E-state index in [1.54, 1.807) is 24.3 Å². The fourth-order valence-corrected chi connectivity index (χ4v) is 4.55. The number of carbonyl (C=O) groups is 1. The van der Waals surface area contributed by atoms with Crippen LogP contribution in [0.3, 0.4) is 0 Å². The summed E-state index contributed by atoms with van der Waals surface area (Å²) in [7, 11) is -3.59. The van der Waals surface area contributed by atoms with Crippen LogP contribution in [0.1, 0.15) is 44.6 Å². The van der Waals surface area contributed by atoms with Crippen molar-refractivity contribution in [2.45, 2.75) is 56.0 Å². The third-order valence-corrected chi connectivity index (χ3v) is 6.16. The second-order valence-electron chi connectivity index (χ2n) is 6.78. The first-order valence-electron chi connectivity index (χ1n) is 9.22. The molecule has 1 fully saturated rings. The summed E-state index contributed by atoms with van der Waals surface area (Å²) in [5.74, 6) is 0.110. The van der Waals surface area contributed by atoms with Gasteiger partial charge in [0.1, 0.15) is 11.9 Å². The molecular weight excluding hydrogens is 352 g/mol. The van der Waals surface area contributed by atoms with E-state index in [2.05, 4.69) is 27.3 Å². The van der Waals surface area contributed by atoms with Gasteiger partial charge in [0.15, 0.2) is 0 Å². The van der Waals surface area contributed by atoms with Crippen LogP contribution in [-0.4, -0.2) is 45.3 Å². The SMILES string of the molecule is CCCCC(N=C1NS(=O)(=O)c2ccccc21)C(=O)NCC1CCCN1. The van der Waals surface area contributed by atoms with E-state index in [1.807, 2.05) is 0 Å². The molecule has 142 valence electrons. The predicted octanol–water partition coefficient (Wildman–Crippen LogP) is 1.15. The van der Waals surface area contributed by atoms with Crippen molar-refractivity contribution in [2.24, 2.45) is 4.99 Å². The Hall–Kier alpha value is -1.93. The molecule has 0 aliphatic carbocycles. The summed E-state index contributed by atoms with van der Waals surface area (Å²) < 4.78 is 26.9. The van der Waals surface area contributed by atoms with Crippen LogP contribution in [0.2, 0.25) is 0 Å². The number of aliphatic imine (C=N–C) groups is 1. The first-order chi connectivity index (χ1) is 12.5. The van der Waals surface area contributed by atoms with Gasteiger partial charge in [-0.3, -0.25) is 14.5 Å². The van der Waals surface area contributed by atoms with Gasteiger partial charge < -0.3 is 10.6 Å². The zero-order valence-corrected chi connectivity index (χ0v) is 15.8.